The van der Waals surface area contributed by atoms with Gasteiger partial charge in [0.25, 0.3) is 0 Å². The summed E-state index contributed by atoms with van der Waals surface area (Å²) in [5.74, 6) is -0.0672. The van der Waals surface area contributed by atoms with E-state index in [1.54, 1.807) is 30.5 Å². The highest BCUT2D eigenvalue weighted by atomic mass is 32.1. The van der Waals surface area contributed by atoms with E-state index in [9.17, 15) is 9.90 Å². The lowest BCUT2D eigenvalue weighted by molar-refractivity contribution is -0.117. The molecule has 100 valence electrons. The molecule has 1 unspecified atom stereocenters. The number of rotatable bonds is 4. The SMILES string of the molecule is Cc1cnc(NC(=O)C(N)Cc2ccc(O)cc2)s1. The monoisotopic (exact) mass is 277 g/mol. The first-order valence-electron chi connectivity index (χ1n) is 5.81. The van der Waals surface area contributed by atoms with Crippen molar-refractivity contribution in [2.75, 3.05) is 5.32 Å². The summed E-state index contributed by atoms with van der Waals surface area (Å²) >= 11 is 1.41. The molecule has 0 fully saturated rings. The number of amides is 1. The second-order valence-corrected chi connectivity index (χ2v) is 5.48. The molecule has 2 rings (SSSR count). The number of phenolic OH excluding ortho intramolecular Hbond substituents is 1. The summed E-state index contributed by atoms with van der Waals surface area (Å²) in [6.45, 7) is 1.92. The minimum atomic E-state index is -0.645. The predicted molar refractivity (Wildman–Crippen MR) is 75.3 cm³/mol. The van der Waals surface area contributed by atoms with E-state index in [4.69, 9.17) is 5.73 Å². The van der Waals surface area contributed by atoms with Gasteiger partial charge in [-0.2, -0.15) is 0 Å². The summed E-state index contributed by atoms with van der Waals surface area (Å²) < 4.78 is 0. The Balaban J connectivity index is 1.94. The van der Waals surface area contributed by atoms with E-state index in [1.165, 1.54) is 11.3 Å². The van der Waals surface area contributed by atoms with Crippen molar-refractivity contribution in [3.63, 3.8) is 0 Å². The van der Waals surface area contributed by atoms with Crippen LogP contribution in [0.15, 0.2) is 30.5 Å². The number of hydrogen-bond acceptors (Lipinski definition) is 5. The van der Waals surface area contributed by atoms with Gasteiger partial charge in [-0.1, -0.05) is 12.1 Å². The van der Waals surface area contributed by atoms with Crippen LogP contribution in [0.4, 0.5) is 5.13 Å². The van der Waals surface area contributed by atoms with Gasteiger partial charge in [-0.15, -0.1) is 11.3 Å². The molecule has 5 nitrogen and oxygen atoms in total. The van der Waals surface area contributed by atoms with Crippen molar-refractivity contribution < 1.29 is 9.90 Å². The molecular formula is C13H15N3O2S. The number of aromatic nitrogens is 1. The summed E-state index contributed by atoms with van der Waals surface area (Å²) in [7, 11) is 0. The number of nitrogens with one attached hydrogen (secondary N) is 1. The molecule has 0 bridgehead atoms. The molecule has 19 heavy (non-hydrogen) atoms. The molecule has 1 amide bonds. The van der Waals surface area contributed by atoms with Crippen molar-refractivity contribution >= 4 is 22.4 Å². The van der Waals surface area contributed by atoms with Gasteiger partial charge in [-0.05, 0) is 31.0 Å². The zero-order chi connectivity index (χ0) is 13.8. The molecular weight excluding hydrogens is 262 g/mol. The lowest BCUT2D eigenvalue weighted by atomic mass is 10.1. The first-order valence-corrected chi connectivity index (χ1v) is 6.63. The van der Waals surface area contributed by atoms with Crippen LogP contribution in [0.3, 0.4) is 0 Å². The Morgan fingerprint density at radius 3 is 2.74 bits per heavy atom. The van der Waals surface area contributed by atoms with Crippen LogP contribution >= 0.6 is 11.3 Å². The van der Waals surface area contributed by atoms with Crippen LogP contribution in [0.1, 0.15) is 10.4 Å². The quantitative estimate of drug-likeness (QED) is 0.793. The van der Waals surface area contributed by atoms with Gasteiger partial charge in [0.05, 0.1) is 6.04 Å². The molecule has 4 N–H and O–H groups in total. The first-order chi connectivity index (χ1) is 9.04. The van der Waals surface area contributed by atoms with Gasteiger partial charge in [0.15, 0.2) is 5.13 Å². The molecule has 0 aliphatic carbocycles. The third-order valence-corrected chi connectivity index (χ3v) is 3.41. The second kappa shape index (κ2) is 5.81. The minimum Gasteiger partial charge on any atom is -0.508 e. The average molecular weight is 277 g/mol. The number of hydrogen-bond donors (Lipinski definition) is 3. The number of aryl methyl sites for hydroxylation is 1. The zero-order valence-corrected chi connectivity index (χ0v) is 11.3. The number of benzene rings is 1. The number of nitrogens with zero attached hydrogens (tertiary/aromatic N) is 1. The maximum Gasteiger partial charge on any atom is 0.243 e. The molecule has 1 heterocycles. The van der Waals surface area contributed by atoms with Crippen molar-refractivity contribution in [1.82, 2.24) is 4.98 Å². The van der Waals surface area contributed by atoms with Crippen LogP contribution in [0.5, 0.6) is 5.75 Å². The van der Waals surface area contributed by atoms with E-state index in [0.717, 1.165) is 10.4 Å². The van der Waals surface area contributed by atoms with Gasteiger partial charge in [-0.3, -0.25) is 4.79 Å². The van der Waals surface area contributed by atoms with Crippen LogP contribution in [-0.4, -0.2) is 22.0 Å². The van der Waals surface area contributed by atoms with Crippen molar-refractivity contribution in [3.8, 4) is 5.75 Å². The fourth-order valence-electron chi connectivity index (χ4n) is 1.59. The third-order valence-electron chi connectivity index (χ3n) is 2.58. The molecule has 2 aromatic rings. The Morgan fingerprint density at radius 2 is 2.16 bits per heavy atom. The van der Waals surface area contributed by atoms with Gasteiger partial charge in [-0.25, -0.2) is 4.98 Å². The number of carbonyl (C=O) groups excluding carboxylic acids is 1. The number of carbonyl (C=O) groups is 1. The highest BCUT2D eigenvalue weighted by Gasteiger charge is 2.15. The lowest BCUT2D eigenvalue weighted by Gasteiger charge is -2.10. The van der Waals surface area contributed by atoms with Gasteiger partial charge >= 0.3 is 0 Å². The predicted octanol–water partition coefficient (Wildman–Crippen LogP) is 1.67. The summed E-state index contributed by atoms with van der Waals surface area (Å²) in [4.78, 5) is 17.0. The second-order valence-electron chi connectivity index (χ2n) is 4.24. The molecule has 1 atom stereocenters. The zero-order valence-electron chi connectivity index (χ0n) is 10.5. The Morgan fingerprint density at radius 1 is 1.47 bits per heavy atom. The smallest absolute Gasteiger partial charge is 0.243 e. The number of anilines is 1. The first kappa shape index (κ1) is 13.5. The molecule has 0 spiro atoms. The average Bonchev–Trinajstić information content (AvgIpc) is 2.77. The van der Waals surface area contributed by atoms with Crippen LogP contribution in [0.25, 0.3) is 0 Å². The molecule has 0 saturated heterocycles. The normalized spacial score (nSPS) is 12.1. The minimum absolute atomic E-state index is 0.194. The summed E-state index contributed by atoms with van der Waals surface area (Å²) in [5, 5.41) is 12.4. The van der Waals surface area contributed by atoms with E-state index in [2.05, 4.69) is 10.3 Å². The molecule has 0 aliphatic rings. The van der Waals surface area contributed by atoms with Crippen molar-refractivity contribution in [2.24, 2.45) is 5.73 Å². The van der Waals surface area contributed by atoms with Crippen LogP contribution < -0.4 is 11.1 Å². The fourth-order valence-corrected chi connectivity index (χ4v) is 2.26. The van der Waals surface area contributed by atoms with Crippen molar-refractivity contribution in [2.45, 2.75) is 19.4 Å². The van der Waals surface area contributed by atoms with Crippen molar-refractivity contribution in [1.29, 1.82) is 0 Å². The van der Waals surface area contributed by atoms with E-state index in [0.29, 0.717) is 11.6 Å². The van der Waals surface area contributed by atoms with Gasteiger partial charge in [0, 0.05) is 11.1 Å². The number of nitrogens with two attached hydrogens (primary N) is 1. The van der Waals surface area contributed by atoms with Gasteiger partial charge in [0.1, 0.15) is 5.75 Å². The van der Waals surface area contributed by atoms with Gasteiger partial charge < -0.3 is 16.2 Å². The lowest BCUT2D eigenvalue weighted by Crippen LogP contribution is -2.37. The Hall–Kier alpha value is -1.92. The third kappa shape index (κ3) is 3.77. The van der Waals surface area contributed by atoms with Gasteiger partial charge in [0.2, 0.25) is 5.91 Å². The molecule has 0 radical (unpaired) electrons. The van der Waals surface area contributed by atoms with Crippen LogP contribution in [-0.2, 0) is 11.2 Å². The van der Waals surface area contributed by atoms with E-state index < -0.39 is 6.04 Å². The standard InChI is InChI=1S/C13H15N3O2S/c1-8-7-15-13(19-8)16-12(18)11(14)6-9-2-4-10(17)5-3-9/h2-5,7,11,17H,6,14H2,1H3,(H,15,16,18). The molecule has 6 heteroatoms. The highest BCUT2D eigenvalue weighted by Crippen LogP contribution is 2.17. The van der Waals surface area contributed by atoms with E-state index in [-0.39, 0.29) is 11.7 Å². The van der Waals surface area contributed by atoms with Crippen LogP contribution in [0.2, 0.25) is 0 Å². The van der Waals surface area contributed by atoms with Crippen LogP contribution in [0, 0.1) is 6.92 Å². The largest absolute Gasteiger partial charge is 0.508 e. The topological polar surface area (TPSA) is 88.2 Å². The molecule has 1 aromatic carbocycles. The summed E-state index contributed by atoms with van der Waals surface area (Å²) in [6.07, 6.45) is 2.11. The molecule has 0 saturated carbocycles. The Bertz CT molecular complexity index is 566. The number of aromatic hydroxyl groups is 1. The highest BCUT2D eigenvalue weighted by molar-refractivity contribution is 7.15. The molecule has 1 aromatic heterocycles. The Labute approximate surface area is 115 Å². The number of phenols is 1. The van der Waals surface area contributed by atoms with E-state index in [1.807, 2.05) is 6.92 Å². The maximum atomic E-state index is 11.9. The van der Waals surface area contributed by atoms with E-state index >= 15 is 0 Å². The maximum absolute atomic E-state index is 11.9. The number of thiazole rings is 1. The summed E-state index contributed by atoms with van der Waals surface area (Å²) in [6, 6.07) is 5.99. The van der Waals surface area contributed by atoms with Crippen molar-refractivity contribution in [3.05, 3.63) is 40.9 Å². The Kier molecular flexibility index (Phi) is 4.13. The molecule has 0 aliphatic heterocycles. The summed E-state index contributed by atoms with van der Waals surface area (Å²) in [5.41, 5.74) is 6.74. The fraction of sp³-hybridized carbons (Fsp3) is 0.231.